The second-order valence-electron chi connectivity index (χ2n) is 11.8. The number of likely N-dealkylation sites (tertiary alicyclic amines) is 1. The summed E-state index contributed by atoms with van der Waals surface area (Å²) in [6, 6.07) is 19.5. The van der Waals surface area contributed by atoms with E-state index in [1.807, 2.05) is 55.5 Å². The Morgan fingerprint density at radius 1 is 0.976 bits per heavy atom. The highest BCUT2D eigenvalue weighted by Gasteiger charge is 2.58. The molecule has 0 saturated carbocycles. The molecule has 42 heavy (non-hydrogen) atoms. The molecule has 0 N–H and O–H groups in total. The minimum Gasteiger partial charge on any atom is -0.427 e. The van der Waals surface area contributed by atoms with Crippen LogP contribution in [0, 0.1) is 5.41 Å². The molecule has 0 aromatic heterocycles. The van der Waals surface area contributed by atoms with Crippen LogP contribution in [-0.2, 0) is 34.6 Å². The van der Waals surface area contributed by atoms with E-state index in [0.717, 1.165) is 17.7 Å². The minimum absolute atomic E-state index is 0.0478. The zero-order valence-electron chi connectivity index (χ0n) is 25.5. The van der Waals surface area contributed by atoms with Crippen LogP contribution >= 0.6 is 19.1 Å². The Morgan fingerprint density at radius 2 is 1.62 bits per heavy atom. The number of hydrogen-bond donors (Lipinski definition) is 0. The largest absolute Gasteiger partial charge is 0.526 e. The minimum atomic E-state index is -3.37. The normalized spacial score (nSPS) is 21.8. The molecule has 1 aliphatic rings. The monoisotopic (exact) mass is 618 g/mol. The Bertz CT molecular complexity index is 1230. The third-order valence-corrected chi connectivity index (χ3v) is 11.1. The highest BCUT2D eigenvalue weighted by molar-refractivity contribution is 8.00. The van der Waals surface area contributed by atoms with E-state index >= 15 is 0 Å². The van der Waals surface area contributed by atoms with Crippen molar-refractivity contribution in [2.45, 2.75) is 76.5 Å². The number of quaternary nitrogens is 1. The molecule has 0 spiro atoms. The van der Waals surface area contributed by atoms with Crippen molar-refractivity contribution < 1.29 is 37.4 Å². The predicted molar refractivity (Wildman–Crippen MR) is 166 cm³/mol. The SMILES string of the molecule is CCOP(=O)(CCCCc1ccccc1)CC(=O)[N@@+]1(C(=O)OCOC(=O)C(C)(C)C)C[C@H](Sc2ccccc2)C[C@H]1C. The van der Waals surface area contributed by atoms with Crippen LogP contribution in [0.5, 0.6) is 0 Å². The number of carbonyl (C=O) groups excluding carboxylic acids is 3. The first-order chi connectivity index (χ1) is 19.9. The predicted octanol–water partition coefficient (Wildman–Crippen LogP) is 7.30. The van der Waals surface area contributed by atoms with Gasteiger partial charge in [-0.15, -0.1) is 11.8 Å². The van der Waals surface area contributed by atoms with Gasteiger partial charge in [0.25, 0.3) is 0 Å². The quantitative estimate of drug-likeness (QED) is 0.0759. The van der Waals surface area contributed by atoms with Crippen molar-refractivity contribution in [3.05, 3.63) is 66.2 Å². The van der Waals surface area contributed by atoms with Gasteiger partial charge in [0.15, 0.2) is 0 Å². The first-order valence-electron chi connectivity index (χ1n) is 14.6. The van der Waals surface area contributed by atoms with Crippen LogP contribution in [0.4, 0.5) is 4.79 Å². The van der Waals surface area contributed by atoms with Crippen LogP contribution in [0.15, 0.2) is 65.6 Å². The topological polar surface area (TPSA) is 96.0 Å². The number of benzene rings is 2. The van der Waals surface area contributed by atoms with Gasteiger partial charge >= 0.3 is 18.0 Å². The van der Waals surface area contributed by atoms with Crippen molar-refractivity contribution in [3.8, 4) is 0 Å². The van der Waals surface area contributed by atoms with Crippen molar-refractivity contribution >= 4 is 37.1 Å². The first kappa shape index (κ1) is 34.0. The van der Waals surface area contributed by atoms with E-state index < -0.39 is 48.1 Å². The Labute approximate surface area is 254 Å². The molecule has 1 unspecified atom stereocenters. The molecule has 230 valence electrons. The molecule has 2 amide bonds. The zero-order valence-corrected chi connectivity index (χ0v) is 27.2. The van der Waals surface area contributed by atoms with Crippen molar-refractivity contribution in [2.24, 2.45) is 5.41 Å². The van der Waals surface area contributed by atoms with E-state index in [0.29, 0.717) is 12.8 Å². The number of nitrogens with zero attached hydrogens (tertiary/aromatic N) is 1. The molecule has 1 heterocycles. The Hall–Kier alpha value is -2.45. The number of rotatable bonds is 13. The number of thioether (sulfide) groups is 1. The van der Waals surface area contributed by atoms with Crippen molar-refractivity contribution in [2.75, 3.05) is 32.3 Å². The fourth-order valence-electron chi connectivity index (χ4n) is 5.17. The smallest absolute Gasteiger partial charge is 0.427 e. The number of unbranched alkanes of at least 4 members (excludes halogenated alkanes) is 1. The van der Waals surface area contributed by atoms with E-state index in [-0.39, 0.29) is 30.7 Å². The molecule has 2 aromatic carbocycles. The van der Waals surface area contributed by atoms with E-state index in [2.05, 4.69) is 12.1 Å². The van der Waals surface area contributed by atoms with E-state index in [4.69, 9.17) is 14.0 Å². The van der Waals surface area contributed by atoms with Gasteiger partial charge in [-0.1, -0.05) is 48.5 Å². The number of amides is 2. The summed E-state index contributed by atoms with van der Waals surface area (Å²) in [5.74, 6) is -0.998. The Kier molecular flexibility index (Phi) is 12.4. The fourth-order valence-corrected chi connectivity index (χ4v) is 8.77. The number of carbonyl (C=O) groups is 3. The molecule has 0 radical (unpaired) electrons. The summed E-state index contributed by atoms with van der Waals surface area (Å²) in [4.78, 5) is 41.1. The first-order valence-corrected chi connectivity index (χ1v) is 17.5. The average molecular weight is 619 g/mol. The van der Waals surface area contributed by atoms with Gasteiger partial charge in [-0.3, -0.25) is 9.36 Å². The van der Waals surface area contributed by atoms with Crippen LogP contribution in [0.1, 0.15) is 59.4 Å². The standard InChI is InChI=1S/C32H45NO7PS/c1-6-40-41(37,20-14-13-17-26-15-9-7-10-16-26)23-29(34)33(31(36)39-24-38-30(35)32(3,4)5)22-28(21-25(33)2)42-27-18-11-8-12-19-27/h7-12,15-16,18-19,25,28H,6,13-14,17,20-24H2,1-5H3/q+1/t25-,28-,33-,41?/m1/s1. The summed E-state index contributed by atoms with van der Waals surface area (Å²) in [5, 5.41) is -0.0478. The van der Waals surface area contributed by atoms with E-state index in [9.17, 15) is 18.9 Å². The molecule has 1 fully saturated rings. The maximum Gasteiger partial charge on any atom is 0.526 e. The third kappa shape index (κ3) is 9.27. The molecule has 8 nitrogen and oxygen atoms in total. The molecule has 1 aliphatic heterocycles. The lowest BCUT2D eigenvalue weighted by Gasteiger charge is -2.32. The molecular formula is C32H45NO7PS+. The van der Waals surface area contributed by atoms with Crippen LogP contribution in [0.2, 0.25) is 0 Å². The lowest BCUT2D eigenvalue weighted by atomic mass is 9.98. The Morgan fingerprint density at radius 3 is 2.24 bits per heavy atom. The average Bonchev–Trinajstić information content (AvgIpc) is 3.28. The van der Waals surface area contributed by atoms with Crippen LogP contribution < -0.4 is 0 Å². The van der Waals surface area contributed by atoms with Crippen LogP contribution in [-0.4, -0.2) is 66.0 Å². The Balaban J connectivity index is 1.76. The number of imide groups is 1. The maximum absolute atomic E-state index is 14.1. The summed E-state index contributed by atoms with van der Waals surface area (Å²) < 4.78 is 29.7. The lowest BCUT2D eigenvalue weighted by Crippen LogP contribution is -2.60. The van der Waals surface area contributed by atoms with Crippen LogP contribution in [0.25, 0.3) is 0 Å². The van der Waals surface area contributed by atoms with Gasteiger partial charge in [0, 0.05) is 17.5 Å². The van der Waals surface area contributed by atoms with Gasteiger partial charge in [0.1, 0.15) is 18.7 Å². The number of hydrogen-bond acceptors (Lipinski definition) is 8. The van der Waals surface area contributed by atoms with Crippen molar-refractivity contribution in [1.29, 1.82) is 0 Å². The zero-order chi connectivity index (χ0) is 30.8. The van der Waals surface area contributed by atoms with Gasteiger partial charge in [0.05, 0.1) is 17.3 Å². The molecule has 4 atom stereocenters. The van der Waals surface area contributed by atoms with E-state index in [1.165, 1.54) is 5.56 Å². The van der Waals surface area contributed by atoms with Gasteiger partial charge in [-0.05, 0) is 71.6 Å². The molecular weight excluding hydrogens is 573 g/mol. The van der Waals surface area contributed by atoms with E-state index in [1.54, 1.807) is 39.5 Å². The highest BCUT2D eigenvalue weighted by atomic mass is 32.2. The summed E-state index contributed by atoms with van der Waals surface area (Å²) in [6.45, 7) is 8.51. The second-order valence-corrected chi connectivity index (χ2v) is 15.9. The number of aryl methyl sites for hydroxylation is 1. The second kappa shape index (κ2) is 15.3. The van der Waals surface area contributed by atoms with Gasteiger partial charge in [0.2, 0.25) is 14.2 Å². The fraction of sp³-hybridized carbons (Fsp3) is 0.531. The molecule has 0 aliphatic carbocycles. The number of ether oxygens (including phenoxy) is 2. The van der Waals surface area contributed by atoms with Crippen LogP contribution in [0.3, 0.4) is 0 Å². The maximum atomic E-state index is 14.1. The molecule has 10 heteroatoms. The summed E-state index contributed by atoms with van der Waals surface area (Å²) in [7, 11) is -3.37. The highest BCUT2D eigenvalue weighted by Crippen LogP contribution is 2.50. The molecule has 2 aromatic rings. The van der Waals surface area contributed by atoms with Crippen molar-refractivity contribution in [3.63, 3.8) is 0 Å². The molecule has 0 bridgehead atoms. The lowest BCUT2D eigenvalue weighted by molar-refractivity contribution is -0.792. The van der Waals surface area contributed by atoms with Gasteiger partial charge in [-0.25, -0.2) is 4.79 Å². The summed E-state index contributed by atoms with van der Waals surface area (Å²) in [6.07, 6.45) is 1.98. The third-order valence-electron chi connectivity index (χ3n) is 7.45. The summed E-state index contributed by atoms with van der Waals surface area (Å²) in [5.41, 5.74) is 0.435. The number of esters is 1. The van der Waals surface area contributed by atoms with Crippen molar-refractivity contribution in [1.82, 2.24) is 0 Å². The summed E-state index contributed by atoms with van der Waals surface area (Å²) >= 11 is 1.61. The molecule has 1 saturated heterocycles. The molecule has 3 rings (SSSR count). The van der Waals surface area contributed by atoms with Gasteiger partial charge in [-0.2, -0.15) is 9.28 Å². The van der Waals surface area contributed by atoms with Gasteiger partial charge < -0.3 is 14.0 Å².